The van der Waals surface area contributed by atoms with Gasteiger partial charge in [-0.25, -0.2) is 0 Å². The lowest BCUT2D eigenvalue weighted by Crippen LogP contribution is -2.41. The Morgan fingerprint density at radius 1 is 1.11 bits per heavy atom. The highest BCUT2D eigenvalue weighted by molar-refractivity contribution is 5.94. The zero-order chi connectivity index (χ0) is 20.3. The molecule has 0 spiro atoms. The highest BCUT2D eigenvalue weighted by Gasteiger charge is 2.30. The summed E-state index contributed by atoms with van der Waals surface area (Å²) in [6, 6.07) is 10.5. The maximum absolute atomic E-state index is 13.3. The summed E-state index contributed by atoms with van der Waals surface area (Å²) in [6.07, 6.45) is 1.34. The Morgan fingerprint density at radius 3 is 2.46 bits per heavy atom. The van der Waals surface area contributed by atoms with Crippen molar-refractivity contribution in [3.8, 4) is 0 Å². The number of nitrogens with zero attached hydrogens (tertiary/aromatic N) is 2. The minimum absolute atomic E-state index is 0.0561. The molecule has 2 heterocycles. The number of hydrogen-bond acceptors (Lipinski definition) is 3. The predicted molar refractivity (Wildman–Crippen MR) is 109 cm³/mol. The first-order valence-electron chi connectivity index (χ1n) is 10.1. The smallest absolute Gasteiger partial charge is 0.309 e. The number of hydrogen-bond donors (Lipinski definition) is 0. The lowest BCUT2D eigenvalue weighted by atomic mass is 9.96. The summed E-state index contributed by atoms with van der Waals surface area (Å²) in [4.78, 5) is 27.1. The van der Waals surface area contributed by atoms with Crippen LogP contribution < -0.4 is 0 Å². The van der Waals surface area contributed by atoms with Crippen molar-refractivity contribution >= 4 is 11.9 Å². The average Bonchev–Trinajstić information content (AvgIpc) is 2.94. The Balaban J connectivity index is 1.76. The number of piperidine rings is 1. The molecule has 5 nitrogen and oxygen atoms in total. The van der Waals surface area contributed by atoms with E-state index in [-0.39, 0.29) is 17.8 Å². The van der Waals surface area contributed by atoms with E-state index in [1.165, 1.54) is 11.1 Å². The molecule has 0 saturated carbocycles. The number of rotatable bonds is 5. The monoisotopic (exact) mass is 382 g/mol. The highest BCUT2D eigenvalue weighted by atomic mass is 16.5. The summed E-state index contributed by atoms with van der Waals surface area (Å²) in [7, 11) is 0. The maximum Gasteiger partial charge on any atom is 0.309 e. The lowest BCUT2D eigenvalue weighted by Gasteiger charge is -2.31. The van der Waals surface area contributed by atoms with Gasteiger partial charge in [0.2, 0.25) is 0 Å². The van der Waals surface area contributed by atoms with Crippen LogP contribution in [0.25, 0.3) is 0 Å². The predicted octanol–water partition coefficient (Wildman–Crippen LogP) is 3.88. The molecule has 0 atom stereocenters. The molecule has 1 aromatic heterocycles. The Morgan fingerprint density at radius 2 is 1.82 bits per heavy atom. The first kappa shape index (κ1) is 20.2. The first-order chi connectivity index (χ1) is 13.4. The van der Waals surface area contributed by atoms with Crippen molar-refractivity contribution in [1.82, 2.24) is 9.47 Å². The van der Waals surface area contributed by atoms with Crippen molar-refractivity contribution in [1.29, 1.82) is 0 Å². The molecule has 1 amide bonds. The van der Waals surface area contributed by atoms with Crippen molar-refractivity contribution in [2.45, 2.75) is 47.1 Å². The quantitative estimate of drug-likeness (QED) is 0.738. The number of aromatic nitrogens is 1. The molecule has 0 radical (unpaired) electrons. The molecular formula is C23H30N2O3. The normalized spacial score (nSPS) is 14.9. The largest absolute Gasteiger partial charge is 0.466 e. The second-order valence-electron chi connectivity index (χ2n) is 7.71. The van der Waals surface area contributed by atoms with Crippen LogP contribution in [0.4, 0.5) is 0 Å². The molecule has 3 rings (SSSR count). The number of amides is 1. The molecule has 0 bridgehead atoms. The molecule has 1 fully saturated rings. The minimum Gasteiger partial charge on any atom is -0.466 e. The van der Waals surface area contributed by atoms with Gasteiger partial charge in [0.05, 0.1) is 12.5 Å². The zero-order valence-electron chi connectivity index (χ0n) is 17.3. The molecule has 0 aliphatic carbocycles. The number of carbonyl (C=O) groups is 2. The van der Waals surface area contributed by atoms with Gasteiger partial charge in [-0.3, -0.25) is 9.59 Å². The molecule has 150 valence electrons. The van der Waals surface area contributed by atoms with E-state index >= 15 is 0 Å². The van der Waals surface area contributed by atoms with Crippen molar-refractivity contribution in [3.05, 3.63) is 58.4 Å². The van der Waals surface area contributed by atoms with E-state index in [1.807, 2.05) is 25.7 Å². The van der Waals surface area contributed by atoms with E-state index in [4.69, 9.17) is 4.74 Å². The Hall–Kier alpha value is -2.56. The van der Waals surface area contributed by atoms with Gasteiger partial charge in [-0.2, -0.15) is 0 Å². The topological polar surface area (TPSA) is 51.5 Å². The minimum atomic E-state index is -0.135. The Kier molecular flexibility index (Phi) is 6.22. The number of likely N-dealkylation sites (tertiary alicyclic amines) is 1. The number of carbonyl (C=O) groups excluding carboxylic acids is 2. The molecule has 1 aliphatic rings. The summed E-state index contributed by atoms with van der Waals surface area (Å²) in [5.41, 5.74) is 5.25. The van der Waals surface area contributed by atoms with E-state index in [0.29, 0.717) is 39.1 Å². The Labute approximate surface area is 167 Å². The number of aryl methyl sites for hydroxylation is 3. The lowest BCUT2D eigenvalue weighted by molar-refractivity contribution is -0.149. The molecule has 2 aromatic rings. The van der Waals surface area contributed by atoms with Gasteiger partial charge in [0, 0.05) is 25.3 Å². The summed E-state index contributed by atoms with van der Waals surface area (Å²) in [5, 5.41) is 0. The third-order valence-corrected chi connectivity index (χ3v) is 5.52. The van der Waals surface area contributed by atoms with Crippen molar-refractivity contribution < 1.29 is 14.3 Å². The van der Waals surface area contributed by atoms with Gasteiger partial charge in [-0.15, -0.1) is 0 Å². The molecule has 1 aromatic carbocycles. The number of benzene rings is 1. The van der Waals surface area contributed by atoms with E-state index in [1.54, 1.807) is 0 Å². The van der Waals surface area contributed by atoms with Crippen LogP contribution in [0.5, 0.6) is 0 Å². The van der Waals surface area contributed by atoms with Gasteiger partial charge in [-0.1, -0.05) is 29.8 Å². The van der Waals surface area contributed by atoms with Gasteiger partial charge in [0.25, 0.3) is 5.91 Å². The van der Waals surface area contributed by atoms with Crippen LogP contribution >= 0.6 is 0 Å². The van der Waals surface area contributed by atoms with Crippen LogP contribution in [-0.4, -0.2) is 41.0 Å². The van der Waals surface area contributed by atoms with Crippen LogP contribution in [-0.2, 0) is 16.1 Å². The Bertz CT molecular complexity index is 861. The SMILES string of the molecule is CCOC(=O)C1CCN(C(=O)c2c(C)cc(C)n2Cc2cccc(C)c2)CC1. The van der Waals surface area contributed by atoms with Crippen molar-refractivity contribution in [2.24, 2.45) is 5.92 Å². The van der Waals surface area contributed by atoms with Crippen LogP contribution in [0.2, 0.25) is 0 Å². The summed E-state index contributed by atoms with van der Waals surface area (Å²) < 4.78 is 7.25. The van der Waals surface area contributed by atoms with Gasteiger partial charge >= 0.3 is 5.97 Å². The number of esters is 1. The molecule has 1 saturated heterocycles. The van der Waals surface area contributed by atoms with Gasteiger partial charge < -0.3 is 14.2 Å². The fourth-order valence-corrected chi connectivity index (χ4v) is 4.06. The molecule has 5 heteroatoms. The molecule has 0 unspecified atom stereocenters. The molecule has 28 heavy (non-hydrogen) atoms. The summed E-state index contributed by atoms with van der Waals surface area (Å²) in [5.74, 6) is -0.170. The average molecular weight is 383 g/mol. The maximum atomic E-state index is 13.3. The third kappa shape index (κ3) is 4.29. The van der Waals surface area contributed by atoms with Crippen LogP contribution in [0.1, 0.15) is 52.6 Å². The van der Waals surface area contributed by atoms with Gasteiger partial charge in [0.15, 0.2) is 0 Å². The molecule has 1 aliphatic heterocycles. The van der Waals surface area contributed by atoms with E-state index in [2.05, 4.69) is 41.8 Å². The molecular weight excluding hydrogens is 352 g/mol. The van der Waals surface area contributed by atoms with Gasteiger partial charge in [-0.05, 0) is 57.7 Å². The van der Waals surface area contributed by atoms with E-state index in [0.717, 1.165) is 17.0 Å². The fourth-order valence-electron chi connectivity index (χ4n) is 4.06. The second kappa shape index (κ2) is 8.63. The standard InChI is InChI=1S/C23H30N2O3/c1-5-28-23(27)20-9-11-24(12-10-20)22(26)21-17(3)14-18(4)25(21)15-19-8-6-7-16(2)13-19/h6-8,13-14,20H,5,9-12,15H2,1-4H3. The molecule has 0 N–H and O–H groups in total. The summed E-state index contributed by atoms with van der Waals surface area (Å²) >= 11 is 0. The van der Waals surface area contributed by atoms with Gasteiger partial charge in [0.1, 0.15) is 5.69 Å². The van der Waals surface area contributed by atoms with Crippen molar-refractivity contribution in [2.75, 3.05) is 19.7 Å². The van der Waals surface area contributed by atoms with Crippen LogP contribution in [0.3, 0.4) is 0 Å². The highest BCUT2D eigenvalue weighted by Crippen LogP contribution is 2.24. The third-order valence-electron chi connectivity index (χ3n) is 5.52. The fraction of sp³-hybridized carbons (Fsp3) is 0.478. The van der Waals surface area contributed by atoms with Crippen LogP contribution in [0.15, 0.2) is 30.3 Å². The second-order valence-corrected chi connectivity index (χ2v) is 7.71. The van der Waals surface area contributed by atoms with Crippen molar-refractivity contribution in [3.63, 3.8) is 0 Å². The van der Waals surface area contributed by atoms with E-state index < -0.39 is 0 Å². The number of ether oxygens (including phenoxy) is 1. The zero-order valence-corrected chi connectivity index (χ0v) is 17.3. The first-order valence-corrected chi connectivity index (χ1v) is 10.1. The van der Waals surface area contributed by atoms with Crippen LogP contribution in [0, 0.1) is 26.7 Å². The summed E-state index contributed by atoms with van der Waals surface area (Å²) in [6.45, 7) is 10.2. The van der Waals surface area contributed by atoms with E-state index in [9.17, 15) is 9.59 Å².